The number of hydrogen-bond acceptors (Lipinski definition) is 5. The van der Waals surface area contributed by atoms with Gasteiger partial charge in [0.15, 0.2) is 0 Å². The van der Waals surface area contributed by atoms with E-state index < -0.39 is 27.1 Å². The fraction of sp³-hybridized carbons (Fsp3) is 0.150. The number of fused-ring (bicyclic) bond motifs is 1. The van der Waals surface area contributed by atoms with Crippen molar-refractivity contribution in [2.45, 2.75) is 24.0 Å². The number of pyridine rings is 2. The largest absolute Gasteiger partial charge is 0.404 e. The summed E-state index contributed by atoms with van der Waals surface area (Å²) in [6, 6.07) is 5.82. The maximum Gasteiger partial charge on any atom is 0.404 e. The van der Waals surface area contributed by atoms with Crippen LogP contribution in [-0.4, -0.2) is 35.2 Å². The minimum Gasteiger partial charge on any atom is -0.291 e. The highest BCUT2D eigenvalue weighted by Crippen LogP contribution is 2.36. The molecule has 0 saturated carbocycles. The minimum absolute atomic E-state index is 0.276. The lowest BCUT2D eigenvalue weighted by Gasteiger charge is -2.17. The lowest BCUT2D eigenvalue weighted by Crippen LogP contribution is -2.42. The van der Waals surface area contributed by atoms with Gasteiger partial charge in [0.1, 0.15) is 22.7 Å². The van der Waals surface area contributed by atoms with Gasteiger partial charge in [-0.2, -0.15) is 23.2 Å². The SMILES string of the molecule is CC(NS(=O)(=O)c1ccc(-c2c(C#N)c3cccnc3n2C2=CC=C2)nc1)C(F)(F)F. The summed E-state index contributed by atoms with van der Waals surface area (Å²) in [5.74, 6) is 0. The van der Waals surface area contributed by atoms with Crippen molar-refractivity contribution in [1.29, 1.82) is 5.26 Å². The van der Waals surface area contributed by atoms with Crippen molar-refractivity contribution in [3.63, 3.8) is 0 Å². The first kappa shape index (κ1) is 20.8. The molecule has 0 bridgehead atoms. The second-order valence-electron chi connectivity index (χ2n) is 6.76. The minimum atomic E-state index is -4.72. The number of aromatic nitrogens is 3. The number of nitriles is 1. The van der Waals surface area contributed by atoms with Crippen molar-refractivity contribution in [3.8, 4) is 17.5 Å². The fourth-order valence-electron chi connectivity index (χ4n) is 3.10. The van der Waals surface area contributed by atoms with Gasteiger partial charge in [0.2, 0.25) is 10.0 Å². The third kappa shape index (κ3) is 3.60. The molecule has 31 heavy (non-hydrogen) atoms. The van der Waals surface area contributed by atoms with Gasteiger partial charge < -0.3 is 0 Å². The molecular weight excluding hydrogens is 431 g/mol. The zero-order valence-electron chi connectivity index (χ0n) is 15.9. The monoisotopic (exact) mass is 445 g/mol. The Kier molecular flexibility index (Phi) is 4.91. The van der Waals surface area contributed by atoms with Crippen LogP contribution in [0.3, 0.4) is 0 Å². The maximum absolute atomic E-state index is 12.7. The Morgan fingerprint density at radius 1 is 1.23 bits per heavy atom. The average Bonchev–Trinajstić information content (AvgIpc) is 3.00. The Labute approximate surface area is 175 Å². The fourth-order valence-corrected chi connectivity index (χ4v) is 4.27. The number of alkyl halides is 3. The first-order valence-corrected chi connectivity index (χ1v) is 10.5. The lowest BCUT2D eigenvalue weighted by molar-refractivity contribution is -0.147. The molecule has 3 heterocycles. The number of sulfonamides is 1. The van der Waals surface area contributed by atoms with Gasteiger partial charge in [-0.25, -0.2) is 13.4 Å². The number of hydrogen-bond donors (Lipinski definition) is 1. The molecule has 0 saturated heterocycles. The molecule has 1 N–H and O–H groups in total. The van der Waals surface area contributed by atoms with Crippen LogP contribution in [0.1, 0.15) is 12.5 Å². The van der Waals surface area contributed by atoms with Crippen LogP contribution in [0.4, 0.5) is 13.2 Å². The number of halogens is 3. The van der Waals surface area contributed by atoms with Crippen LogP contribution in [0.5, 0.6) is 0 Å². The molecule has 158 valence electrons. The molecule has 0 fully saturated rings. The highest BCUT2D eigenvalue weighted by molar-refractivity contribution is 7.89. The number of allylic oxidation sites excluding steroid dienone is 4. The summed E-state index contributed by atoms with van der Waals surface area (Å²) in [5, 5.41) is 10.4. The molecular formula is C20H14F3N5O2S. The molecule has 7 nitrogen and oxygen atoms in total. The normalized spacial score (nSPS) is 14.7. The maximum atomic E-state index is 12.7. The van der Waals surface area contributed by atoms with Gasteiger partial charge in [-0.05, 0) is 43.3 Å². The van der Waals surface area contributed by atoms with E-state index in [-0.39, 0.29) is 5.69 Å². The van der Waals surface area contributed by atoms with Crippen molar-refractivity contribution in [2.75, 3.05) is 0 Å². The second kappa shape index (κ2) is 7.33. The molecule has 0 aliphatic heterocycles. The molecule has 1 aliphatic carbocycles. The molecule has 0 amide bonds. The number of nitrogens with one attached hydrogen (secondary N) is 1. The van der Waals surface area contributed by atoms with Crippen LogP contribution in [0, 0.1) is 11.3 Å². The van der Waals surface area contributed by atoms with E-state index in [9.17, 15) is 26.9 Å². The van der Waals surface area contributed by atoms with Gasteiger partial charge in [-0.3, -0.25) is 9.55 Å². The summed E-state index contributed by atoms with van der Waals surface area (Å²) in [6.07, 6.45) is 3.28. The lowest BCUT2D eigenvalue weighted by atomic mass is 10.1. The molecule has 3 aromatic heterocycles. The van der Waals surface area contributed by atoms with E-state index in [0.717, 1.165) is 18.0 Å². The topological polar surface area (TPSA) is 101 Å². The first-order chi connectivity index (χ1) is 14.6. The summed E-state index contributed by atoms with van der Waals surface area (Å²) in [5.41, 5.74) is 2.28. The summed E-state index contributed by atoms with van der Waals surface area (Å²) >= 11 is 0. The third-order valence-corrected chi connectivity index (χ3v) is 6.27. The van der Waals surface area contributed by atoms with Crippen molar-refractivity contribution in [3.05, 3.63) is 60.5 Å². The zero-order chi connectivity index (χ0) is 22.4. The first-order valence-electron chi connectivity index (χ1n) is 8.97. The van der Waals surface area contributed by atoms with Crippen molar-refractivity contribution in [2.24, 2.45) is 0 Å². The van der Waals surface area contributed by atoms with E-state index in [0.29, 0.717) is 29.2 Å². The van der Waals surface area contributed by atoms with Gasteiger partial charge in [0.25, 0.3) is 0 Å². The quantitative estimate of drug-likeness (QED) is 0.647. The molecule has 3 aromatic rings. The smallest absolute Gasteiger partial charge is 0.291 e. The molecule has 11 heteroatoms. The highest BCUT2D eigenvalue weighted by atomic mass is 32.2. The molecule has 0 spiro atoms. The van der Waals surface area contributed by atoms with Crippen molar-refractivity contribution >= 4 is 26.8 Å². The summed E-state index contributed by atoms with van der Waals surface area (Å²) in [7, 11) is -4.44. The third-order valence-electron chi connectivity index (χ3n) is 4.74. The van der Waals surface area contributed by atoms with Gasteiger partial charge in [0.05, 0.1) is 17.0 Å². The van der Waals surface area contributed by atoms with E-state index in [1.165, 1.54) is 6.07 Å². The van der Waals surface area contributed by atoms with Crippen LogP contribution in [0.25, 0.3) is 28.1 Å². The van der Waals surface area contributed by atoms with E-state index in [4.69, 9.17) is 0 Å². The van der Waals surface area contributed by atoms with Crippen LogP contribution >= 0.6 is 0 Å². The zero-order valence-corrected chi connectivity index (χ0v) is 16.7. The molecule has 1 atom stereocenters. The second-order valence-corrected chi connectivity index (χ2v) is 8.47. The van der Waals surface area contributed by atoms with E-state index in [1.54, 1.807) is 27.6 Å². The summed E-state index contributed by atoms with van der Waals surface area (Å²) < 4.78 is 66.1. The molecule has 1 unspecified atom stereocenters. The van der Waals surface area contributed by atoms with Gasteiger partial charge in [-0.15, -0.1) is 0 Å². The van der Waals surface area contributed by atoms with Gasteiger partial charge in [-0.1, -0.05) is 6.08 Å². The molecule has 4 rings (SSSR count). The Bertz CT molecular complexity index is 1380. The number of nitrogens with zero attached hydrogens (tertiary/aromatic N) is 4. The van der Waals surface area contributed by atoms with E-state index in [2.05, 4.69) is 16.0 Å². The predicted octanol–water partition coefficient (Wildman–Crippen LogP) is 3.61. The van der Waals surface area contributed by atoms with Crippen LogP contribution in [-0.2, 0) is 10.0 Å². The molecule has 0 radical (unpaired) electrons. The van der Waals surface area contributed by atoms with Crippen LogP contribution in [0.15, 0.2) is 59.8 Å². The standard InChI is InChI=1S/C20H14F3N5O2S/c1-12(20(21,22)23)27-31(29,30)14-7-8-17(26-11-14)18-16(10-24)15-6-3-9-25-19(15)28(18)13-4-2-5-13/h2-9,11-12,27H,1H3. The summed E-state index contributed by atoms with van der Waals surface area (Å²) in [4.78, 5) is 8.06. The van der Waals surface area contributed by atoms with E-state index >= 15 is 0 Å². The van der Waals surface area contributed by atoms with Crippen molar-refractivity contribution < 1.29 is 21.6 Å². The predicted molar refractivity (Wildman–Crippen MR) is 107 cm³/mol. The van der Waals surface area contributed by atoms with Crippen LogP contribution in [0.2, 0.25) is 0 Å². The number of rotatable bonds is 5. The Morgan fingerprint density at radius 2 is 1.97 bits per heavy atom. The Hall–Kier alpha value is -3.49. The van der Waals surface area contributed by atoms with Crippen LogP contribution < -0.4 is 4.72 Å². The van der Waals surface area contributed by atoms with Gasteiger partial charge in [0, 0.05) is 23.5 Å². The van der Waals surface area contributed by atoms with Crippen molar-refractivity contribution in [1.82, 2.24) is 19.3 Å². The Morgan fingerprint density at radius 3 is 2.52 bits per heavy atom. The Balaban J connectivity index is 1.80. The highest BCUT2D eigenvalue weighted by Gasteiger charge is 2.39. The summed E-state index contributed by atoms with van der Waals surface area (Å²) in [6.45, 7) is 0.712. The average molecular weight is 445 g/mol. The molecule has 0 aromatic carbocycles. The molecule has 1 aliphatic rings. The van der Waals surface area contributed by atoms with Gasteiger partial charge >= 0.3 is 6.18 Å². The van der Waals surface area contributed by atoms with E-state index in [1.807, 2.05) is 18.2 Å².